The van der Waals surface area contributed by atoms with Crippen LogP contribution in [0.3, 0.4) is 0 Å². The average Bonchev–Trinajstić information content (AvgIpc) is 2.64. The van der Waals surface area contributed by atoms with Crippen LogP contribution in [-0.2, 0) is 6.42 Å². The molecule has 1 unspecified atom stereocenters. The van der Waals surface area contributed by atoms with Crippen molar-refractivity contribution in [2.45, 2.75) is 32.6 Å². The molecule has 0 fully saturated rings. The molecule has 1 heterocycles. The van der Waals surface area contributed by atoms with E-state index in [9.17, 15) is 0 Å². The molecule has 0 aliphatic rings. The smallest absolute Gasteiger partial charge is 0.191 e. The highest BCUT2D eigenvalue weighted by molar-refractivity contribution is 5.79. The van der Waals surface area contributed by atoms with Crippen LogP contribution in [0.1, 0.15) is 37.4 Å². The SMILES string of the molecule is CCNC(=NCC(CC)c1ccccc1)NCCc1ccccn1. The van der Waals surface area contributed by atoms with E-state index in [-0.39, 0.29) is 0 Å². The molecule has 2 aromatic rings. The highest BCUT2D eigenvalue weighted by atomic mass is 15.2. The van der Waals surface area contributed by atoms with Crippen molar-refractivity contribution in [2.75, 3.05) is 19.6 Å². The minimum absolute atomic E-state index is 0.456. The van der Waals surface area contributed by atoms with Crippen LogP contribution in [0.5, 0.6) is 0 Å². The summed E-state index contributed by atoms with van der Waals surface area (Å²) in [4.78, 5) is 9.11. The molecule has 0 radical (unpaired) electrons. The predicted molar refractivity (Wildman–Crippen MR) is 101 cm³/mol. The lowest BCUT2D eigenvalue weighted by Gasteiger charge is -2.15. The highest BCUT2D eigenvalue weighted by Crippen LogP contribution is 2.19. The van der Waals surface area contributed by atoms with Gasteiger partial charge in [0.15, 0.2) is 5.96 Å². The number of nitrogens with one attached hydrogen (secondary N) is 2. The normalized spacial score (nSPS) is 12.7. The van der Waals surface area contributed by atoms with E-state index >= 15 is 0 Å². The number of hydrogen-bond donors (Lipinski definition) is 2. The standard InChI is InChI=1S/C20H28N4/c1-3-17(18-10-6-5-7-11-18)16-24-20(21-4-2)23-15-13-19-12-8-9-14-22-19/h5-12,14,17H,3-4,13,15-16H2,1-2H3,(H2,21,23,24). The van der Waals surface area contributed by atoms with Gasteiger partial charge in [0, 0.05) is 43.9 Å². The van der Waals surface area contributed by atoms with Gasteiger partial charge in [-0.1, -0.05) is 43.3 Å². The van der Waals surface area contributed by atoms with Crippen LogP contribution in [0, 0.1) is 0 Å². The second-order valence-corrected chi connectivity index (χ2v) is 5.73. The quantitative estimate of drug-likeness (QED) is 0.578. The van der Waals surface area contributed by atoms with Gasteiger partial charge in [-0.15, -0.1) is 0 Å². The maximum atomic E-state index is 4.77. The molecule has 0 amide bonds. The number of benzene rings is 1. The molecule has 1 aromatic heterocycles. The number of rotatable bonds is 8. The summed E-state index contributed by atoms with van der Waals surface area (Å²) < 4.78 is 0. The molecule has 0 aliphatic heterocycles. The van der Waals surface area contributed by atoms with Crippen molar-refractivity contribution in [1.29, 1.82) is 0 Å². The molecule has 0 bridgehead atoms. The third-order valence-electron chi connectivity index (χ3n) is 3.98. The van der Waals surface area contributed by atoms with Gasteiger partial charge >= 0.3 is 0 Å². The van der Waals surface area contributed by atoms with Crippen LogP contribution in [0.25, 0.3) is 0 Å². The number of hydrogen-bond acceptors (Lipinski definition) is 2. The van der Waals surface area contributed by atoms with E-state index in [1.54, 1.807) is 0 Å². The maximum absolute atomic E-state index is 4.77. The Hall–Kier alpha value is -2.36. The fraction of sp³-hybridized carbons (Fsp3) is 0.400. The molecule has 24 heavy (non-hydrogen) atoms. The van der Waals surface area contributed by atoms with E-state index in [2.05, 4.69) is 59.8 Å². The number of aliphatic imine (C=N–C) groups is 1. The molecule has 4 heteroatoms. The Balaban J connectivity index is 1.89. The first-order chi connectivity index (χ1) is 11.8. The van der Waals surface area contributed by atoms with E-state index in [4.69, 9.17) is 4.99 Å². The summed E-state index contributed by atoms with van der Waals surface area (Å²) >= 11 is 0. The Labute approximate surface area is 145 Å². The second kappa shape index (κ2) is 10.4. The van der Waals surface area contributed by atoms with Crippen molar-refractivity contribution in [2.24, 2.45) is 4.99 Å². The Kier molecular flexibility index (Phi) is 7.81. The number of guanidine groups is 1. The number of aromatic nitrogens is 1. The third kappa shape index (κ3) is 6.03. The summed E-state index contributed by atoms with van der Waals surface area (Å²) in [5, 5.41) is 6.72. The van der Waals surface area contributed by atoms with Gasteiger partial charge < -0.3 is 10.6 Å². The van der Waals surface area contributed by atoms with Gasteiger partial charge in [0.1, 0.15) is 0 Å². The summed E-state index contributed by atoms with van der Waals surface area (Å²) in [7, 11) is 0. The Morgan fingerprint density at radius 3 is 2.50 bits per heavy atom. The van der Waals surface area contributed by atoms with Crippen molar-refractivity contribution < 1.29 is 0 Å². The van der Waals surface area contributed by atoms with E-state index in [0.29, 0.717) is 5.92 Å². The van der Waals surface area contributed by atoms with E-state index < -0.39 is 0 Å². The first-order valence-corrected chi connectivity index (χ1v) is 8.80. The van der Waals surface area contributed by atoms with E-state index in [0.717, 1.165) is 44.1 Å². The summed E-state index contributed by atoms with van der Waals surface area (Å²) in [6.07, 6.45) is 3.81. The first-order valence-electron chi connectivity index (χ1n) is 8.80. The largest absolute Gasteiger partial charge is 0.357 e. The van der Waals surface area contributed by atoms with Crippen molar-refractivity contribution in [3.05, 3.63) is 66.0 Å². The van der Waals surface area contributed by atoms with Gasteiger partial charge in [0.2, 0.25) is 0 Å². The van der Waals surface area contributed by atoms with Crippen LogP contribution < -0.4 is 10.6 Å². The van der Waals surface area contributed by atoms with Gasteiger partial charge in [-0.3, -0.25) is 9.98 Å². The minimum atomic E-state index is 0.456. The Morgan fingerprint density at radius 2 is 1.83 bits per heavy atom. The van der Waals surface area contributed by atoms with Gasteiger partial charge in [0.05, 0.1) is 0 Å². The topological polar surface area (TPSA) is 49.3 Å². The third-order valence-corrected chi connectivity index (χ3v) is 3.98. The van der Waals surface area contributed by atoms with Crippen molar-refractivity contribution in [1.82, 2.24) is 15.6 Å². The van der Waals surface area contributed by atoms with E-state index in [1.165, 1.54) is 5.56 Å². The molecule has 1 atom stereocenters. The zero-order chi connectivity index (χ0) is 17.0. The van der Waals surface area contributed by atoms with Crippen LogP contribution in [0.15, 0.2) is 59.7 Å². The molecule has 2 rings (SSSR count). The van der Waals surface area contributed by atoms with Gasteiger partial charge in [-0.05, 0) is 31.0 Å². The first kappa shape index (κ1) is 18.0. The molecule has 2 N–H and O–H groups in total. The minimum Gasteiger partial charge on any atom is -0.357 e. The lowest BCUT2D eigenvalue weighted by atomic mass is 9.97. The Morgan fingerprint density at radius 1 is 1.04 bits per heavy atom. The van der Waals surface area contributed by atoms with Crippen molar-refractivity contribution in [3.63, 3.8) is 0 Å². The van der Waals surface area contributed by atoms with Crippen molar-refractivity contribution >= 4 is 5.96 Å². The molecular weight excluding hydrogens is 296 g/mol. The molecule has 128 valence electrons. The molecule has 0 saturated heterocycles. The molecule has 0 saturated carbocycles. The van der Waals surface area contributed by atoms with Crippen LogP contribution in [-0.4, -0.2) is 30.6 Å². The molecule has 1 aromatic carbocycles. The maximum Gasteiger partial charge on any atom is 0.191 e. The second-order valence-electron chi connectivity index (χ2n) is 5.73. The fourth-order valence-electron chi connectivity index (χ4n) is 2.59. The van der Waals surface area contributed by atoms with Crippen LogP contribution >= 0.6 is 0 Å². The average molecular weight is 324 g/mol. The zero-order valence-corrected chi connectivity index (χ0v) is 14.7. The van der Waals surface area contributed by atoms with Crippen LogP contribution in [0.4, 0.5) is 0 Å². The predicted octanol–water partition coefficient (Wildman–Crippen LogP) is 3.37. The number of nitrogens with zero attached hydrogens (tertiary/aromatic N) is 2. The summed E-state index contributed by atoms with van der Waals surface area (Å²) in [6, 6.07) is 16.6. The number of pyridine rings is 1. The zero-order valence-electron chi connectivity index (χ0n) is 14.7. The van der Waals surface area contributed by atoms with Crippen LogP contribution in [0.2, 0.25) is 0 Å². The lowest BCUT2D eigenvalue weighted by Crippen LogP contribution is -2.38. The molecule has 0 aliphatic carbocycles. The summed E-state index contributed by atoms with van der Waals surface area (Å²) in [5.74, 6) is 1.33. The molecule has 4 nitrogen and oxygen atoms in total. The lowest BCUT2D eigenvalue weighted by molar-refractivity contribution is 0.667. The van der Waals surface area contributed by atoms with E-state index in [1.807, 2.05) is 24.4 Å². The highest BCUT2D eigenvalue weighted by Gasteiger charge is 2.08. The van der Waals surface area contributed by atoms with Gasteiger partial charge in [-0.2, -0.15) is 0 Å². The molecular formula is C20H28N4. The summed E-state index contributed by atoms with van der Waals surface area (Å²) in [5.41, 5.74) is 2.45. The van der Waals surface area contributed by atoms with Gasteiger partial charge in [0.25, 0.3) is 0 Å². The fourth-order valence-corrected chi connectivity index (χ4v) is 2.59. The Bertz CT molecular complexity index is 596. The summed E-state index contributed by atoms with van der Waals surface area (Å²) in [6.45, 7) is 6.78. The monoisotopic (exact) mass is 324 g/mol. The molecule has 0 spiro atoms. The van der Waals surface area contributed by atoms with Gasteiger partial charge in [-0.25, -0.2) is 0 Å². The van der Waals surface area contributed by atoms with Crippen molar-refractivity contribution in [3.8, 4) is 0 Å².